The number of hydrogen-bond acceptors (Lipinski definition) is 4. The van der Waals surface area contributed by atoms with Gasteiger partial charge >= 0.3 is 0 Å². The van der Waals surface area contributed by atoms with Crippen LogP contribution in [0.2, 0.25) is 0 Å². The summed E-state index contributed by atoms with van der Waals surface area (Å²) in [4.78, 5) is 16.1. The van der Waals surface area contributed by atoms with Crippen molar-refractivity contribution in [2.45, 2.75) is 20.4 Å². The Balaban J connectivity index is 2.00. The van der Waals surface area contributed by atoms with Gasteiger partial charge in [-0.15, -0.1) is 0 Å². The quantitative estimate of drug-likeness (QED) is 0.865. The van der Waals surface area contributed by atoms with Gasteiger partial charge in [-0.3, -0.25) is 9.48 Å². The molecule has 6 heteroatoms. The summed E-state index contributed by atoms with van der Waals surface area (Å²) in [5.74, 6) is 0.477. The number of benzene rings is 1. The van der Waals surface area contributed by atoms with E-state index in [1.165, 1.54) is 0 Å². The van der Waals surface area contributed by atoms with Crippen molar-refractivity contribution < 1.29 is 4.79 Å². The van der Waals surface area contributed by atoms with Crippen molar-refractivity contribution in [3.63, 3.8) is 0 Å². The molecule has 0 unspecified atom stereocenters. The summed E-state index contributed by atoms with van der Waals surface area (Å²) in [6.45, 7) is 5.21. The average molecular weight is 273 g/mol. The van der Waals surface area contributed by atoms with E-state index in [4.69, 9.17) is 0 Å². The lowest BCUT2D eigenvalue weighted by Gasteiger charge is -2.09. The summed E-state index contributed by atoms with van der Waals surface area (Å²) in [6.07, 6.45) is 1.61. The van der Waals surface area contributed by atoms with E-state index in [1.54, 1.807) is 18.1 Å². The first kappa shape index (κ1) is 14.0. The SMILES string of the molecule is CCNc1ccc(C(=O)NCc2ncn(C)n2)cc1C. The first-order chi connectivity index (χ1) is 9.60. The van der Waals surface area contributed by atoms with E-state index < -0.39 is 0 Å². The number of aryl methyl sites for hydroxylation is 2. The molecule has 0 fully saturated rings. The van der Waals surface area contributed by atoms with Crippen LogP contribution < -0.4 is 10.6 Å². The fourth-order valence-electron chi connectivity index (χ4n) is 1.92. The normalized spacial score (nSPS) is 10.3. The second kappa shape index (κ2) is 6.18. The molecule has 0 bridgehead atoms. The summed E-state index contributed by atoms with van der Waals surface area (Å²) in [6, 6.07) is 5.61. The largest absolute Gasteiger partial charge is 0.385 e. The standard InChI is InChI=1S/C14H19N5O/c1-4-15-12-6-5-11(7-10(12)2)14(20)16-8-13-17-9-19(3)18-13/h5-7,9,15H,4,8H2,1-3H3,(H,16,20). The lowest BCUT2D eigenvalue weighted by atomic mass is 10.1. The Morgan fingerprint density at radius 3 is 2.80 bits per heavy atom. The molecule has 2 aromatic rings. The number of hydrogen-bond donors (Lipinski definition) is 2. The molecule has 0 radical (unpaired) electrons. The number of aromatic nitrogens is 3. The molecule has 0 saturated carbocycles. The van der Waals surface area contributed by atoms with Crippen LogP contribution >= 0.6 is 0 Å². The number of nitrogens with zero attached hydrogens (tertiary/aromatic N) is 3. The van der Waals surface area contributed by atoms with Crippen molar-refractivity contribution in [2.24, 2.45) is 7.05 Å². The second-order valence-corrected chi connectivity index (χ2v) is 4.58. The van der Waals surface area contributed by atoms with Gasteiger partial charge < -0.3 is 10.6 Å². The van der Waals surface area contributed by atoms with E-state index in [-0.39, 0.29) is 5.91 Å². The van der Waals surface area contributed by atoms with E-state index in [9.17, 15) is 4.79 Å². The van der Waals surface area contributed by atoms with E-state index in [0.29, 0.717) is 17.9 Å². The van der Waals surface area contributed by atoms with Gasteiger partial charge in [0.2, 0.25) is 0 Å². The highest BCUT2D eigenvalue weighted by atomic mass is 16.1. The monoisotopic (exact) mass is 273 g/mol. The van der Waals surface area contributed by atoms with Gasteiger partial charge in [0, 0.05) is 24.8 Å². The topological polar surface area (TPSA) is 71.8 Å². The van der Waals surface area contributed by atoms with Crippen LogP contribution in [0.3, 0.4) is 0 Å². The average Bonchev–Trinajstić information content (AvgIpc) is 2.84. The number of carbonyl (C=O) groups is 1. The van der Waals surface area contributed by atoms with Crippen molar-refractivity contribution in [1.82, 2.24) is 20.1 Å². The summed E-state index contributed by atoms with van der Waals surface area (Å²) in [5, 5.41) is 10.2. The fraction of sp³-hybridized carbons (Fsp3) is 0.357. The molecule has 20 heavy (non-hydrogen) atoms. The number of anilines is 1. The van der Waals surface area contributed by atoms with E-state index in [1.807, 2.05) is 32.0 Å². The molecule has 106 valence electrons. The van der Waals surface area contributed by atoms with E-state index in [0.717, 1.165) is 17.8 Å². The van der Waals surface area contributed by atoms with Crippen LogP contribution in [-0.4, -0.2) is 27.2 Å². The molecule has 1 amide bonds. The number of amides is 1. The second-order valence-electron chi connectivity index (χ2n) is 4.58. The first-order valence-electron chi connectivity index (χ1n) is 6.57. The molecular formula is C14H19N5O. The zero-order chi connectivity index (χ0) is 14.5. The van der Waals surface area contributed by atoms with E-state index in [2.05, 4.69) is 20.7 Å². The summed E-state index contributed by atoms with van der Waals surface area (Å²) >= 11 is 0. The zero-order valence-electron chi connectivity index (χ0n) is 12.0. The molecule has 1 heterocycles. The highest BCUT2D eigenvalue weighted by Gasteiger charge is 2.08. The lowest BCUT2D eigenvalue weighted by Crippen LogP contribution is -2.23. The highest BCUT2D eigenvalue weighted by molar-refractivity contribution is 5.94. The maximum atomic E-state index is 12.1. The minimum Gasteiger partial charge on any atom is -0.385 e. The molecule has 1 aromatic carbocycles. The first-order valence-corrected chi connectivity index (χ1v) is 6.57. The van der Waals surface area contributed by atoms with Crippen LogP contribution in [-0.2, 0) is 13.6 Å². The predicted molar refractivity (Wildman–Crippen MR) is 77.5 cm³/mol. The molecule has 1 aromatic heterocycles. The summed E-state index contributed by atoms with van der Waals surface area (Å²) in [7, 11) is 1.79. The van der Waals surface area contributed by atoms with Crippen LogP contribution in [0.1, 0.15) is 28.7 Å². The van der Waals surface area contributed by atoms with Crippen LogP contribution in [0, 0.1) is 6.92 Å². The summed E-state index contributed by atoms with van der Waals surface area (Å²) < 4.78 is 1.61. The molecule has 0 aliphatic rings. The van der Waals surface area contributed by atoms with Crippen LogP contribution in [0.15, 0.2) is 24.5 Å². The lowest BCUT2D eigenvalue weighted by molar-refractivity contribution is 0.0950. The number of carbonyl (C=O) groups excluding carboxylic acids is 1. The molecule has 0 aliphatic carbocycles. The van der Waals surface area contributed by atoms with Gasteiger partial charge in [0.15, 0.2) is 5.82 Å². The van der Waals surface area contributed by atoms with Crippen molar-refractivity contribution >= 4 is 11.6 Å². The Morgan fingerprint density at radius 1 is 1.40 bits per heavy atom. The third-order valence-corrected chi connectivity index (χ3v) is 2.91. The smallest absolute Gasteiger partial charge is 0.251 e. The molecular weight excluding hydrogens is 254 g/mol. The Labute approximate surface area is 118 Å². The van der Waals surface area contributed by atoms with Gasteiger partial charge in [0.25, 0.3) is 5.91 Å². The van der Waals surface area contributed by atoms with Gasteiger partial charge in [-0.1, -0.05) is 0 Å². The van der Waals surface area contributed by atoms with Crippen LogP contribution in [0.5, 0.6) is 0 Å². The highest BCUT2D eigenvalue weighted by Crippen LogP contribution is 2.16. The fourth-order valence-corrected chi connectivity index (χ4v) is 1.92. The Kier molecular flexibility index (Phi) is 4.34. The molecule has 0 aliphatic heterocycles. The zero-order valence-corrected chi connectivity index (χ0v) is 12.0. The van der Waals surface area contributed by atoms with Crippen molar-refractivity contribution in [1.29, 1.82) is 0 Å². The van der Waals surface area contributed by atoms with Gasteiger partial charge in [-0.05, 0) is 37.6 Å². The van der Waals surface area contributed by atoms with Gasteiger partial charge in [-0.2, -0.15) is 5.10 Å². The maximum Gasteiger partial charge on any atom is 0.251 e. The molecule has 0 saturated heterocycles. The van der Waals surface area contributed by atoms with Crippen molar-refractivity contribution in [3.05, 3.63) is 41.5 Å². The Morgan fingerprint density at radius 2 is 2.20 bits per heavy atom. The van der Waals surface area contributed by atoms with Crippen LogP contribution in [0.25, 0.3) is 0 Å². The molecule has 0 spiro atoms. The predicted octanol–water partition coefficient (Wildman–Crippen LogP) is 1.49. The Bertz CT molecular complexity index is 605. The van der Waals surface area contributed by atoms with E-state index >= 15 is 0 Å². The summed E-state index contributed by atoms with van der Waals surface area (Å²) in [5.41, 5.74) is 2.74. The van der Waals surface area contributed by atoms with Gasteiger partial charge in [0.05, 0.1) is 6.54 Å². The minimum atomic E-state index is -0.122. The van der Waals surface area contributed by atoms with Crippen molar-refractivity contribution in [2.75, 3.05) is 11.9 Å². The Hall–Kier alpha value is -2.37. The third kappa shape index (κ3) is 3.34. The molecule has 6 nitrogen and oxygen atoms in total. The number of nitrogens with one attached hydrogen (secondary N) is 2. The molecule has 2 N–H and O–H groups in total. The minimum absolute atomic E-state index is 0.122. The number of rotatable bonds is 5. The maximum absolute atomic E-state index is 12.1. The van der Waals surface area contributed by atoms with Crippen molar-refractivity contribution in [3.8, 4) is 0 Å². The third-order valence-electron chi connectivity index (χ3n) is 2.91. The van der Waals surface area contributed by atoms with Crippen LogP contribution in [0.4, 0.5) is 5.69 Å². The molecule has 2 rings (SSSR count). The van der Waals surface area contributed by atoms with Gasteiger partial charge in [-0.25, -0.2) is 4.98 Å². The van der Waals surface area contributed by atoms with Gasteiger partial charge in [0.1, 0.15) is 6.33 Å². The molecule has 0 atom stereocenters.